The Balaban J connectivity index is 1.74. The smallest absolute Gasteiger partial charge is 0.0566 e. The van der Waals surface area contributed by atoms with Crippen LogP contribution in [0.2, 0.25) is 0 Å². The minimum absolute atomic E-state index is 0.0853. The average molecular weight is 439 g/mol. The van der Waals surface area contributed by atoms with E-state index in [0.29, 0.717) is 0 Å². The molecule has 6 aromatic rings. The fourth-order valence-corrected chi connectivity index (χ4v) is 5.35. The minimum Gasteiger partial charge on any atom is -0.361 e. The SMILES string of the molecule is C=CCc1c(C(c2ccccc2)c2c[nH]c3ccccc23)c2ccccn2c1-c1ccccc1. The lowest BCUT2D eigenvalue weighted by molar-refractivity contribution is 0.979. The number of fused-ring (bicyclic) bond motifs is 2. The summed E-state index contributed by atoms with van der Waals surface area (Å²) in [5, 5.41) is 1.26. The molecule has 0 amide bonds. The average Bonchev–Trinajstić information content (AvgIpc) is 3.46. The third-order valence-corrected chi connectivity index (χ3v) is 6.74. The molecule has 0 spiro atoms. The van der Waals surface area contributed by atoms with Crippen LogP contribution in [-0.2, 0) is 6.42 Å². The number of H-pyrrole nitrogens is 1. The summed E-state index contributed by atoms with van der Waals surface area (Å²) < 4.78 is 2.36. The number of rotatable bonds is 6. The van der Waals surface area contributed by atoms with Crippen LogP contribution in [-0.4, -0.2) is 9.38 Å². The molecular formula is C32H26N2. The first kappa shape index (κ1) is 20.3. The molecular weight excluding hydrogens is 412 g/mol. The normalized spacial score (nSPS) is 12.2. The first-order valence-corrected chi connectivity index (χ1v) is 11.8. The second-order valence-electron chi connectivity index (χ2n) is 8.69. The van der Waals surface area contributed by atoms with Gasteiger partial charge in [0.15, 0.2) is 0 Å². The van der Waals surface area contributed by atoms with E-state index >= 15 is 0 Å². The molecule has 3 aromatic carbocycles. The summed E-state index contributed by atoms with van der Waals surface area (Å²) in [7, 11) is 0. The molecule has 0 fully saturated rings. The van der Waals surface area contributed by atoms with Gasteiger partial charge in [0, 0.05) is 29.2 Å². The largest absolute Gasteiger partial charge is 0.361 e. The fraction of sp³-hybridized carbons (Fsp3) is 0.0625. The van der Waals surface area contributed by atoms with Crippen LogP contribution < -0.4 is 0 Å². The molecule has 2 nitrogen and oxygen atoms in total. The highest BCUT2D eigenvalue weighted by Gasteiger charge is 2.28. The Morgan fingerprint density at radius 2 is 1.50 bits per heavy atom. The third kappa shape index (κ3) is 3.27. The van der Waals surface area contributed by atoms with Gasteiger partial charge in [0.05, 0.1) is 11.2 Å². The van der Waals surface area contributed by atoms with Gasteiger partial charge in [0.1, 0.15) is 0 Å². The Morgan fingerprint density at radius 1 is 0.794 bits per heavy atom. The molecule has 0 saturated carbocycles. The molecule has 3 heterocycles. The highest BCUT2D eigenvalue weighted by Crippen LogP contribution is 2.44. The van der Waals surface area contributed by atoms with Gasteiger partial charge in [-0.05, 0) is 52.4 Å². The van der Waals surface area contributed by atoms with Gasteiger partial charge >= 0.3 is 0 Å². The number of para-hydroxylation sites is 1. The van der Waals surface area contributed by atoms with E-state index in [2.05, 4.69) is 131 Å². The highest BCUT2D eigenvalue weighted by atomic mass is 14.9. The number of aromatic amines is 1. The molecule has 0 saturated heterocycles. The van der Waals surface area contributed by atoms with Gasteiger partial charge in [-0.25, -0.2) is 0 Å². The molecule has 0 aliphatic heterocycles. The molecule has 0 bridgehead atoms. The molecule has 1 atom stereocenters. The zero-order chi connectivity index (χ0) is 22.9. The summed E-state index contributed by atoms with van der Waals surface area (Å²) in [6.45, 7) is 4.13. The quantitative estimate of drug-likeness (QED) is 0.254. The van der Waals surface area contributed by atoms with Gasteiger partial charge < -0.3 is 9.38 Å². The molecule has 0 radical (unpaired) electrons. The van der Waals surface area contributed by atoms with Gasteiger partial charge in [-0.2, -0.15) is 0 Å². The standard InChI is InChI=1S/C32H26N2/c1-2-13-26-31(29-20-11-12-21-34(29)32(26)24-16-7-4-8-17-24)30(23-14-5-3-6-15-23)27-22-33-28-19-10-9-18-25(27)28/h2-12,14-22,30,33H,1,13H2. The van der Waals surface area contributed by atoms with Crippen LogP contribution in [0.1, 0.15) is 28.2 Å². The Kier molecular flexibility index (Phi) is 5.12. The maximum atomic E-state index is 4.13. The molecule has 3 aromatic heterocycles. The van der Waals surface area contributed by atoms with Gasteiger partial charge in [0.2, 0.25) is 0 Å². The first-order valence-electron chi connectivity index (χ1n) is 11.8. The Bertz CT molecular complexity index is 1590. The lowest BCUT2D eigenvalue weighted by Crippen LogP contribution is -2.05. The second-order valence-corrected chi connectivity index (χ2v) is 8.69. The van der Waals surface area contributed by atoms with Crippen molar-refractivity contribution in [1.29, 1.82) is 0 Å². The van der Waals surface area contributed by atoms with Crippen molar-refractivity contribution in [3.8, 4) is 11.3 Å². The number of pyridine rings is 1. The summed E-state index contributed by atoms with van der Waals surface area (Å²) in [4.78, 5) is 3.52. The van der Waals surface area contributed by atoms with E-state index in [4.69, 9.17) is 0 Å². The predicted octanol–water partition coefficient (Wildman–Crippen LogP) is 8.00. The number of benzene rings is 3. The van der Waals surface area contributed by atoms with E-state index in [-0.39, 0.29) is 5.92 Å². The van der Waals surface area contributed by atoms with Crippen LogP contribution in [0.3, 0.4) is 0 Å². The number of hydrogen-bond donors (Lipinski definition) is 1. The van der Waals surface area contributed by atoms with E-state index in [1.54, 1.807) is 0 Å². The lowest BCUT2D eigenvalue weighted by atomic mass is 9.82. The lowest BCUT2D eigenvalue weighted by Gasteiger charge is -2.20. The van der Waals surface area contributed by atoms with Gasteiger partial charge in [-0.15, -0.1) is 6.58 Å². The fourth-order valence-electron chi connectivity index (χ4n) is 5.35. The molecule has 0 aliphatic carbocycles. The number of nitrogens with one attached hydrogen (secondary N) is 1. The monoisotopic (exact) mass is 438 g/mol. The van der Waals surface area contributed by atoms with Crippen LogP contribution in [0.25, 0.3) is 27.7 Å². The van der Waals surface area contributed by atoms with Crippen molar-refractivity contribution in [2.75, 3.05) is 0 Å². The van der Waals surface area contributed by atoms with Crippen molar-refractivity contribution in [2.24, 2.45) is 0 Å². The zero-order valence-corrected chi connectivity index (χ0v) is 19.0. The van der Waals surface area contributed by atoms with Crippen molar-refractivity contribution in [2.45, 2.75) is 12.3 Å². The van der Waals surface area contributed by atoms with E-state index in [9.17, 15) is 0 Å². The van der Waals surface area contributed by atoms with Gasteiger partial charge in [-0.3, -0.25) is 0 Å². The predicted molar refractivity (Wildman–Crippen MR) is 142 cm³/mol. The number of hydrogen-bond acceptors (Lipinski definition) is 0. The van der Waals surface area contributed by atoms with E-state index in [1.165, 1.54) is 44.4 Å². The molecule has 1 unspecified atom stereocenters. The molecule has 6 rings (SSSR count). The Labute approximate surface area is 199 Å². The van der Waals surface area contributed by atoms with Crippen LogP contribution in [0.4, 0.5) is 0 Å². The summed E-state index contributed by atoms with van der Waals surface area (Å²) in [6, 6.07) is 36.7. The molecule has 2 heteroatoms. The van der Waals surface area contributed by atoms with E-state index in [0.717, 1.165) is 11.9 Å². The number of nitrogens with zero attached hydrogens (tertiary/aromatic N) is 1. The Morgan fingerprint density at radius 3 is 2.29 bits per heavy atom. The zero-order valence-electron chi connectivity index (χ0n) is 19.0. The summed E-state index contributed by atoms with van der Waals surface area (Å²) in [6.07, 6.45) is 7.20. The van der Waals surface area contributed by atoms with Crippen LogP contribution in [0.15, 0.2) is 128 Å². The van der Waals surface area contributed by atoms with Crippen molar-refractivity contribution in [1.82, 2.24) is 9.38 Å². The minimum atomic E-state index is 0.0853. The highest BCUT2D eigenvalue weighted by molar-refractivity contribution is 5.87. The van der Waals surface area contributed by atoms with Crippen LogP contribution in [0, 0.1) is 0 Å². The van der Waals surface area contributed by atoms with Crippen molar-refractivity contribution in [3.63, 3.8) is 0 Å². The summed E-state index contributed by atoms with van der Waals surface area (Å²) >= 11 is 0. The first-order chi connectivity index (χ1) is 16.9. The summed E-state index contributed by atoms with van der Waals surface area (Å²) in [5.41, 5.74) is 10.1. The van der Waals surface area contributed by atoms with Crippen molar-refractivity contribution in [3.05, 3.63) is 150 Å². The summed E-state index contributed by atoms with van der Waals surface area (Å²) in [5.74, 6) is 0.0853. The molecule has 1 N–H and O–H groups in total. The van der Waals surface area contributed by atoms with E-state index in [1.807, 2.05) is 6.08 Å². The number of allylic oxidation sites excluding steroid dienone is 1. The van der Waals surface area contributed by atoms with Gasteiger partial charge in [0.25, 0.3) is 0 Å². The van der Waals surface area contributed by atoms with Crippen molar-refractivity contribution < 1.29 is 0 Å². The number of aromatic nitrogens is 2. The van der Waals surface area contributed by atoms with Gasteiger partial charge in [-0.1, -0.05) is 91.0 Å². The van der Waals surface area contributed by atoms with E-state index < -0.39 is 0 Å². The molecule has 0 aliphatic rings. The Hall–Kier alpha value is -4.30. The topological polar surface area (TPSA) is 20.2 Å². The maximum absolute atomic E-state index is 4.13. The van der Waals surface area contributed by atoms with Crippen LogP contribution >= 0.6 is 0 Å². The molecule has 164 valence electrons. The van der Waals surface area contributed by atoms with Crippen LogP contribution in [0.5, 0.6) is 0 Å². The third-order valence-electron chi connectivity index (χ3n) is 6.74. The molecule has 34 heavy (non-hydrogen) atoms. The maximum Gasteiger partial charge on any atom is 0.0566 e. The second kappa shape index (κ2) is 8.57. The van der Waals surface area contributed by atoms with Crippen molar-refractivity contribution >= 4 is 16.4 Å².